The molecule has 5 rings (SSSR count). The summed E-state index contributed by atoms with van der Waals surface area (Å²) in [6.07, 6.45) is 0. The molecule has 7 nitrogen and oxygen atoms in total. The van der Waals surface area contributed by atoms with Crippen LogP contribution in [0.1, 0.15) is 18.4 Å². The molecule has 0 aliphatic rings. The van der Waals surface area contributed by atoms with Crippen molar-refractivity contribution in [2.75, 3.05) is 6.61 Å². The third kappa shape index (κ3) is 4.54. The monoisotopic (exact) mass is 453 g/mol. The van der Waals surface area contributed by atoms with Gasteiger partial charge in [-0.1, -0.05) is 30.3 Å². The van der Waals surface area contributed by atoms with Gasteiger partial charge in [0.1, 0.15) is 29.6 Å². The lowest BCUT2D eigenvalue weighted by molar-refractivity contribution is 0.300. The maximum absolute atomic E-state index is 6.10. The third-order valence-corrected chi connectivity index (χ3v) is 5.23. The first kappa shape index (κ1) is 21.5. The molecule has 5 aromatic rings. The zero-order chi connectivity index (χ0) is 23.3. The maximum Gasteiger partial charge on any atom is 0.251 e. The fraction of sp³-hybridized carbons (Fsp3) is 0.148. The molecular weight excluding hydrogens is 430 g/mol. The fourth-order valence-electron chi connectivity index (χ4n) is 3.49. The van der Waals surface area contributed by atoms with Crippen molar-refractivity contribution in [1.29, 1.82) is 0 Å². The Kier molecular flexibility index (Phi) is 6.07. The summed E-state index contributed by atoms with van der Waals surface area (Å²) in [5.74, 6) is 3.52. The molecule has 0 fully saturated rings. The lowest BCUT2D eigenvalue weighted by Crippen LogP contribution is -1.99. The van der Waals surface area contributed by atoms with Crippen molar-refractivity contribution in [3.05, 3.63) is 90.3 Å². The highest BCUT2D eigenvalue weighted by atomic mass is 16.5. The van der Waals surface area contributed by atoms with Crippen LogP contribution in [0.5, 0.6) is 11.5 Å². The minimum Gasteiger partial charge on any atom is -0.494 e. The Balaban J connectivity index is 1.34. The van der Waals surface area contributed by atoms with Gasteiger partial charge in [0, 0.05) is 11.1 Å². The van der Waals surface area contributed by atoms with Gasteiger partial charge in [-0.3, -0.25) is 0 Å². The van der Waals surface area contributed by atoms with Crippen LogP contribution in [0, 0.1) is 6.92 Å². The van der Waals surface area contributed by atoms with E-state index in [2.05, 4.69) is 15.2 Å². The van der Waals surface area contributed by atoms with Gasteiger partial charge in [0.05, 0.1) is 12.2 Å². The number of ether oxygens (including phenoxy) is 2. The summed E-state index contributed by atoms with van der Waals surface area (Å²) >= 11 is 0. The zero-order valence-electron chi connectivity index (χ0n) is 18.9. The van der Waals surface area contributed by atoms with Crippen LogP contribution in [-0.4, -0.2) is 21.8 Å². The molecular formula is C27H23N3O4. The van der Waals surface area contributed by atoms with E-state index in [1.807, 2.05) is 92.7 Å². The van der Waals surface area contributed by atoms with E-state index in [1.165, 1.54) is 0 Å². The smallest absolute Gasteiger partial charge is 0.251 e. The molecule has 0 aliphatic heterocycles. The summed E-state index contributed by atoms with van der Waals surface area (Å²) in [7, 11) is 0. The van der Waals surface area contributed by atoms with Crippen LogP contribution < -0.4 is 9.47 Å². The maximum atomic E-state index is 6.10. The molecule has 0 aliphatic carbocycles. The first-order valence-electron chi connectivity index (χ1n) is 11.0. The van der Waals surface area contributed by atoms with Crippen molar-refractivity contribution < 1.29 is 18.3 Å². The van der Waals surface area contributed by atoms with Crippen LogP contribution >= 0.6 is 0 Å². The predicted molar refractivity (Wildman–Crippen MR) is 127 cm³/mol. The molecule has 170 valence electrons. The first-order valence-corrected chi connectivity index (χ1v) is 11.0. The molecule has 0 bridgehead atoms. The topological polar surface area (TPSA) is 83.4 Å². The Morgan fingerprint density at radius 3 is 2.21 bits per heavy atom. The summed E-state index contributed by atoms with van der Waals surface area (Å²) in [5, 5.41) is 8.40. The lowest BCUT2D eigenvalue weighted by Gasteiger charge is -2.08. The van der Waals surface area contributed by atoms with E-state index in [0.717, 1.165) is 16.9 Å². The van der Waals surface area contributed by atoms with Gasteiger partial charge in [0.15, 0.2) is 0 Å². The number of para-hydroxylation sites is 1. The van der Waals surface area contributed by atoms with Gasteiger partial charge < -0.3 is 18.3 Å². The molecule has 0 spiro atoms. The molecule has 0 N–H and O–H groups in total. The third-order valence-electron chi connectivity index (χ3n) is 5.23. The lowest BCUT2D eigenvalue weighted by atomic mass is 10.2. The normalized spacial score (nSPS) is 10.9. The van der Waals surface area contributed by atoms with Crippen molar-refractivity contribution in [2.24, 2.45) is 0 Å². The van der Waals surface area contributed by atoms with Crippen LogP contribution in [0.2, 0.25) is 0 Å². The van der Waals surface area contributed by atoms with E-state index < -0.39 is 0 Å². The molecule has 0 saturated carbocycles. The fourth-order valence-corrected chi connectivity index (χ4v) is 3.49. The standard InChI is InChI=1S/C27H23N3O4/c1-3-31-21-15-13-20(14-16-21)25-28-23(18(2)33-25)17-32-24-12-8-7-11-22(24)27-30-29-26(34-27)19-9-5-4-6-10-19/h4-16H,3,17H2,1-2H3. The SMILES string of the molecule is CCOc1ccc(-c2nc(COc3ccccc3-c3nnc(-c4ccccc4)o3)c(C)o2)cc1. The van der Waals surface area contributed by atoms with Crippen molar-refractivity contribution in [1.82, 2.24) is 15.2 Å². The average Bonchev–Trinajstić information content (AvgIpc) is 3.51. The second-order valence-electron chi connectivity index (χ2n) is 7.54. The van der Waals surface area contributed by atoms with E-state index in [-0.39, 0.29) is 6.61 Å². The summed E-state index contributed by atoms with van der Waals surface area (Å²) in [4.78, 5) is 4.63. The molecule has 0 atom stereocenters. The number of hydrogen-bond acceptors (Lipinski definition) is 7. The van der Waals surface area contributed by atoms with Gasteiger partial charge in [-0.25, -0.2) is 4.98 Å². The molecule has 0 saturated heterocycles. The summed E-state index contributed by atoms with van der Waals surface area (Å²) < 4.78 is 23.4. The van der Waals surface area contributed by atoms with E-state index in [0.29, 0.717) is 47.0 Å². The van der Waals surface area contributed by atoms with Crippen LogP contribution in [-0.2, 0) is 6.61 Å². The van der Waals surface area contributed by atoms with Gasteiger partial charge in [-0.2, -0.15) is 0 Å². The van der Waals surface area contributed by atoms with Crippen LogP contribution in [0.25, 0.3) is 34.4 Å². The van der Waals surface area contributed by atoms with Gasteiger partial charge in [0.2, 0.25) is 11.8 Å². The summed E-state index contributed by atoms with van der Waals surface area (Å²) in [6.45, 7) is 4.69. The Labute approximate surface area is 197 Å². The van der Waals surface area contributed by atoms with Crippen molar-refractivity contribution in [3.63, 3.8) is 0 Å². The van der Waals surface area contributed by atoms with Crippen LogP contribution in [0.3, 0.4) is 0 Å². The summed E-state index contributed by atoms with van der Waals surface area (Å²) in [5.41, 5.74) is 3.16. The van der Waals surface area contributed by atoms with Crippen LogP contribution in [0.15, 0.2) is 87.7 Å². The minimum absolute atomic E-state index is 0.239. The molecule has 34 heavy (non-hydrogen) atoms. The summed E-state index contributed by atoms with van der Waals surface area (Å²) in [6, 6.07) is 24.9. The predicted octanol–water partition coefficient (Wildman–Crippen LogP) is 6.34. The molecule has 3 aromatic carbocycles. The Morgan fingerprint density at radius 2 is 1.41 bits per heavy atom. The van der Waals surface area contributed by atoms with Gasteiger partial charge in [0.25, 0.3) is 5.89 Å². The molecule has 2 heterocycles. The highest BCUT2D eigenvalue weighted by molar-refractivity contribution is 5.64. The quantitative estimate of drug-likeness (QED) is 0.271. The van der Waals surface area contributed by atoms with E-state index in [9.17, 15) is 0 Å². The highest BCUT2D eigenvalue weighted by Gasteiger charge is 2.17. The highest BCUT2D eigenvalue weighted by Crippen LogP contribution is 2.32. The zero-order valence-corrected chi connectivity index (χ0v) is 18.9. The second kappa shape index (κ2) is 9.62. The molecule has 0 radical (unpaired) electrons. The Morgan fingerprint density at radius 1 is 0.706 bits per heavy atom. The molecule has 0 amide bonds. The molecule has 0 unspecified atom stereocenters. The average molecular weight is 453 g/mol. The number of oxazole rings is 1. The number of benzene rings is 3. The van der Waals surface area contributed by atoms with Gasteiger partial charge in [-0.15, -0.1) is 10.2 Å². The van der Waals surface area contributed by atoms with Gasteiger partial charge in [-0.05, 0) is 62.4 Å². The first-order chi connectivity index (χ1) is 16.7. The van der Waals surface area contributed by atoms with Crippen molar-refractivity contribution >= 4 is 0 Å². The Bertz CT molecular complexity index is 1370. The van der Waals surface area contributed by atoms with E-state index in [4.69, 9.17) is 18.3 Å². The number of nitrogens with zero attached hydrogens (tertiary/aromatic N) is 3. The molecule has 7 heteroatoms. The van der Waals surface area contributed by atoms with E-state index in [1.54, 1.807) is 0 Å². The number of aryl methyl sites for hydroxylation is 1. The number of aromatic nitrogens is 3. The van der Waals surface area contributed by atoms with Crippen molar-refractivity contribution in [3.8, 4) is 45.9 Å². The number of rotatable bonds is 8. The second-order valence-corrected chi connectivity index (χ2v) is 7.54. The van der Waals surface area contributed by atoms with Crippen LogP contribution in [0.4, 0.5) is 0 Å². The van der Waals surface area contributed by atoms with Crippen molar-refractivity contribution in [2.45, 2.75) is 20.5 Å². The van der Waals surface area contributed by atoms with Gasteiger partial charge >= 0.3 is 0 Å². The largest absolute Gasteiger partial charge is 0.494 e. The number of hydrogen-bond donors (Lipinski definition) is 0. The van der Waals surface area contributed by atoms with E-state index >= 15 is 0 Å². The molecule has 2 aromatic heterocycles. The minimum atomic E-state index is 0.239. The Hall–Kier alpha value is -4.39.